The van der Waals surface area contributed by atoms with E-state index in [9.17, 15) is 0 Å². The number of anilines is 6. The van der Waals surface area contributed by atoms with Crippen molar-refractivity contribution in [3.63, 3.8) is 0 Å². The lowest BCUT2D eigenvalue weighted by atomic mass is 9.33. The van der Waals surface area contributed by atoms with Crippen LogP contribution in [0.4, 0.5) is 34.1 Å². The molecular weight excluding hydrogens is 904 g/mol. The number of rotatable bonds is 6. The molecule has 0 fully saturated rings. The van der Waals surface area contributed by atoms with Gasteiger partial charge in [0.25, 0.3) is 6.71 Å². The second kappa shape index (κ2) is 17.1. The number of hydrogen-bond acceptors (Lipinski definition) is 2. The van der Waals surface area contributed by atoms with Crippen LogP contribution < -0.4 is 26.2 Å². The number of fused-ring (bicyclic) bond motifs is 12. The van der Waals surface area contributed by atoms with E-state index in [4.69, 9.17) is 0 Å². The summed E-state index contributed by atoms with van der Waals surface area (Å²) in [5.41, 5.74) is 23.2. The van der Waals surface area contributed by atoms with Gasteiger partial charge in [0.1, 0.15) is 0 Å². The Labute approximate surface area is 438 Å². The minimum Gasteiger partial charge on any atom is -0.311 e. The van der Waals surface area contributed by atoms with Crippen LogP contribution >= 0.6 is 0 Å². The highest BCUT2D eigenvalue weighted by atomic mass is 15.2. The number of nitrogens with zero attached hydrogens (tertiary/aromatic N) is 2. The Bertz CT molecular complexity index is 4160. The topological polar surface area (TPSA) is 6.48 Å². The van der Waals surface area contributed by atoms with E-state index in [1.807, 2.05) is 0 Å². The minimum atomic E-state index is -0.0804. The first-order valence-electron chi connectivity index (χ1n) is 26.2. The molecule has 0 aromatic heterocycles. The summed E-state index contributed by atoms with van der Waals surface area (Å²) in [7, 11) is 0. The molecule has 15 rings (SSSR count). The van der Waals surface area contributed by atoms with Gasteiger partial charge in [0.05, 0.1) is 0 Å². The fourth-order valence-electron chi connectivity index (χ4n) is 12.9. The van der Waals surface area contributed by atoms with Crippen LogP contribution in [-0.4, -0.2) is 6.71 Å². The third-order valence-electron chi connectivity index (χ3n) is 16.2. The van der Waals surface area contributed by atoms with Gasteiger partial charge in [-0.05, 0) is 155 Å². The fourth-order valence-corrected chi connectivity index (χ4v) is 12.9. The van der Waals surface area contributed by atoms with E-state index in [1.54, 1.807) is 0 Å². The van der Waals surface area contributed by atoms with Crippen LogP contribution in [0, 0.1) is 13.8 Å². The van der Waals surface area contributed by atoms with Gasteiger partial charge in [-0.25, -0.2) is 0 Å². The molecule has 0 aliphatic carbocycles. The van der Waals surface area contributed by atoms with Crippen molar-refractivity contribution in [3.05, 3.63) is 272 Å². The first-order chi connectivity index (χ1) is 37.0. The molecule has 2 aliphatic heterocycles. The zero-order valence-corrected chi connectivity index (χ0v) is 41.8. The van der Waals surface area contributed by atoms with Gasteiger partial charge < -0.3 is 9.80 Å². The van der Waals surface area contributed by atoms with Gasteiger partial charge in [-0.2, -0.15) is 0 Å². The molecule has 350 valence electrons. The summed E-state index contributed by atoms with van der Waals surface area (Å²) in [5, 5.41) is 9.98. The van der Waals surface area contributed by atoms with Crippen molar-refractivity contribution in [2.75, 3.05) is 9.80 Å². The van der Waals surface area contributed by atoms with Crippen molar-refractivity contribution >= 4 is 100 Å². The SMILES string of the molecule is Cc1cc(-c2ccccc2)cc(C)c1-c1cc2c3c(c1)N(c1ccc(-c4ccccc4)cc1)c1c(ccc4c1ccc1ccccc14)B3c1ccc3c(ccc4ccccc43)c1N2c1ccc(-c2ccccc2)cc1. The Morgan fingerprint density at radius 1 is 0.280 bits per heavy atom. The van der Waals surface area contributed by atoms with Gasteiger partial charge in [0.2, 0.25) is 0 Å². The van der Waals surface area contributed by atoms with Gasteiger partial charge in [-0.3, -0.25) is 0 Å². The summed E-state index contributed by atoms with van der Waals surface area (Å²) < 4.78 is 0. The van der Waals surface area contributed by atoms with Crippen LogP contribution in [0.25, 0.3) is 87.6 Å². The van der Waals surface area contributed by atoms with E-state index in [-0.39, 0.29) is 6.71 Å². The van der Waals surface area contributed by atoms with E-state index in [1.165, 1.54) is 138 Å². The van der Waals surface area contributed by atoms with E-state index in [0.29, 0.717) is 0 Å². The highest BCUT2D eigenvalue weighted by molar-refractivity contribution is 7.01. The number of benzene rings is 13. The first-order valence-corrected chi connectivity index (χ1v) is 26.2. The third-order valence-corrected chi connectivity index (χ3v) is 16.2. The van der Waals surface area contributed by atoms with E-state index >= 15 is 0 Å². The van der Waals surface area contributed by atoms with Gasteiger partial charge in [-0.1, -0.05) is 224 Å². The van der Waals surface area contributed by atoms with Crippen molar-refractivity contribution in [2.45, 2.75) is 13.8 Å². The second-order valence-corrected chi connectivity index (χ2v) is 20.5. The Morgan fingerprint density at radius 3 is 1.09 bits per heavy atom. The molecular formula is C72H49BN2. The quantitative estimate of drug-likeness (QED) is 0.121. The van der Waals surface area contributed by atoms with Crippen LogP contribution in [0.5, 0.6) is 0 Å². The molecule has 75 heavy (non-hydrogen) atoms. The monoisotopic (exact) mass is 952 g/mol. The van der Waals surface area contributed by atoms with Crippen molar-refractivity contribution in [3.8, 4) is 44.5 Å². The van der Waals surface area contributed by atoms with E-state index < -0.39 is 0 Å². The molecule has 0 N–H and O–H groups in total. The van der Waals surface area contributed by atoms with Crippen molar-refractivity contribution < 1.29 is 0 Å². The summed E-state index contributed by atoms with van der Waals surface area (Å²) in [6, 6.07) is 97.5. The lowest BCUT2D eigenvalue weighted by Crippen LogP contribution is -2.61. The molecule has 0 atom stereocenters. The molecule has 0 amide bonds. The summed E-state index contributed by atoms with van der Waals surface area (Å²) in [5.74, 6) is 0. The van der Waals surface area contributed by atoms with Crippen LogP contribution in [0.1, 0.15) is 11.1 Å². The lowest BCUT2D eigenvalue weighted by molar-refractivity contribution is 1.26. The zero-order chi connectivity index (χ0) is 49.7. The maximum Gasteiger partial charge on any atom is 0.252 e. The van der Waals surface area contributed by atoms with E-state index in [2.05, 4.69) is 285 Å². The van der Waals surface area contributed by atoms with Crippen LogP contribution in [-0.2, 0) is 0 Å². The molecule has 0 saturated heterocycles. The summed E-state index contributed by atoms with van der Waals surface area (Å²) in [6.07, 6.45) is 0. The van der Waals surface area contributed by atoms with Gasteiger partial charge in [-0.15, -0.1) is 0 Å². The smallest absolute Gasteiger partial charge is 0.252 e. The first kappa shape index (κ1) is 43.2. The predicted octanol–water partition coefficient (Wildman–Crippen LogP) is 17.7. The number of hydrogen-bond donors (Lipinski definition) is 0. The second-order valence-electron chi connectivity index (χ2n) is 20.5. The highest BCUT2D eigenvalue weighted by Gasteiger charge is 2.45. The molecule has 0 bridgehead atoms. The minimum absolute atomic E-state index is 0.0804. The molecule has 2 aliphatic rings. The van der Waals surface area contributed by atoms with Crippen molar-refractivity contribution in [2.24, 2.45) is 0 Å². The third kappa shape index (κ3) is 6.82. The largest absolute Gasteiger partial charge is 0.311 e. The molecule has 0 saturated carbocycles. The average molecular weight is 953 g/mol. The maximum absolute atomic E-state index is 2.61. The highest BCUT2D eigenvalue weighted by Crippen LogP contribution is 2.51. The standard InChI is InChI=1S/C72H49BN2/c1-46-42-55(50-20-10-5-11-21-50)43-47(2)69(46)56-44-67-70-68(45-56)75(58-34-28-52(29-35-58)49-18-8-4-9-19-49)72-64-37-31-54-23-13-15-25-60(54)62(64)39-41-66(72)73(70)65-40-38-61-59-24-14-12-22-53(59)30-36-63(61)71(65)74(67)57-32-26-51(27-33-57)48-16-6-3-7-17-48/h3-45H,1-2H3. The lowest BCUT2D eigenvalue weighted by Gasteiger charge is -2.45. The summed E-state index contributed by atoms with van der Waals surface area (Å²) in [6.45, 7) is 4.51. The molecule has 2 nitrogen and oxygen atoms in total. The molecule has 2 heterocycles. The summed E-state index contributed by atoms with van der Waals surface area (Å²) >= 11 is 0. The molecule has 0 unspecified atom stereocenters. The van der Waals surface area contributed by atoms with Crippen LogP contribution in [0.3, 0.4) is 0 Å². The Morgan fingerprint density at radius 2 is 0.653 bits per heavy atom. The maximum atomic E-state index is 2.61. The van der Waals surface area contributed by atoms with Crippen molar-refractivity contribution in [1.82, 2.24) is 0 Å². The van der Waals surface area contributed by atoms with Gasteiger partial charge in [0, 0.05) is 44.9 Å². The summed E-state index contributed by atoms with van der Waals surface area (Å²) in [4.78, 5) is 5.22. The Balaban J connectivity index is 1.07. The average Bonchev–Trinajstić information content (AvgIpc) is 3.56. The number of aryl methyl sites for hydroxylation is 2. The van der Waals surface area contributed by atoms with Gasteiger partial charge in [0.15, 0.2) is 0 Å². The predicted molar refractivity (Wildman–Crippen MR) is 322 cm³/mol. The fraction of sp³-hybridized carbons (Fsp3) is 0.0278. The Hall–Kier alpha value is -9.44. The Kier molecular flexibility index (Phi) is 9.84. The molecule has 13 aromatic carbocycles. The van der Waals surface area contributed by atoms with Gasteiger partial charge >= 0.3 is 0 Å². The normalized spacial score (nSPS) is 12.6. The van der Waals surface area contributed by atoms with Crippen molar-refractivity contribution in [1.29, 1.82) is 0 Å². The zero-order valence-electron chi connectivity index (χ0n) is 41.8. The molecule has 0 spiro atoms. The molecule has 0 radical (unpaired) electrons. The molecule has 13 aromatic rings. The van der Waals surface area contributed by atoms with E-state index in [0.717, 1.165) is 11.4 Å². The van der Waals surface area contributed by atoms with Crippen LogP contribution in [0.2, 0.25) is 0 Å². The van der Waals surface area contributed by atoms with Crippen LogP contribution in [0.15, 0.2) is 261 Å². The molecule has 3 heteroatoms.